The number of amides is 2. The van der Waals surface area contributed by atoms with E-state index in [9.17, 15) is 19.1 Å². The highest BCUT2D eigenvalue weighted by atomic mass is 32.1. The van der Waals surface area contributed by atoms with Crippen molar-refractivity contribution in [3.63, 3.8) is 0 Å². The van der Waals surface area contributed by atoms with Crippen LogP contribution in [0.3, 0.4) is 0 Å². The lowest BCUT2D eigenvalue weighted by Crippen LogP contribution is -2.43. The van der Waals surface area contributed by atoms with E-state index in [2.05, 4.69) is 20.6 Å². The predicted octanol–water partition coefficient (Wildman–Crippen LogP) is 6.53. The number of aromatic hydroxyl groups is 1. The number of nitrogens with zero attached hydrogens (tertiary/aromatic N) is 3. The number of phenols is 1. The van der Waals surface area contributed by atoms with Crippen LogP contribution in [0.25, 0.3) is 21.3 Å². The van der Waals surface area contributed by atoms with Gasteiger partial charge in [0.15, 0.2) is 5.01 Å². The summed E-state index contributed by atoms with van der Waals surface area (Å²) in [6, 6.07) is 21.1. The van der Waals surface area contributed by atoms with Gasteiger partial charge in [-0.3, -0.25) is 9.59 Å². The molecule has 2 aromatic heterocycles. The van der Waals surface area contributed by atoms with Crippen LogP contribution in [0.15, 0.2) is 79.0 Å². The van der Waals surface area contributed by atoms with E-state index in [1.165, 1.54) is 11.3 Å². The van der Waals surface area contributed by atoms with Gasteiger partial charge in [0.2, 0.25) is 5.88 Å². The molecule has 3 N–H and O–H groups in total. The fourth-order valence-corrected chi connectivity index (χ4v) is 6.57. The second-order valence-electron chi connectivity index (χ2n) is 11.7. The van der Waals surface area contributed by atoms with Crippen molar-refractivity contribution in [2.45, 2.75) is 44.3 Å². The van der Waals surface area contributed by atoms with Crippen molar-refractivity contribution in [3.8, 4) is 28.5 Å². The minimum absolute atomic E-state index is 0.00500. The maximum absolute atomic E-state index is 14.3. The Hall–Kier alpha value is -4.87. The van der Waals surface area contributed by atoms with Gasteiger partial charge in [0.05, 0.1) is 16.4 Å². The van der Waals surface area contributed by atoms with Crippen molar-refractivity contribution < 1.29 is 23.8 Å². The maximum atomic E-state index is 14.3. The quantitative estimate of drug-likeness (QED) is 0.168. The second-order valence-corrected chi connectivity index (χ2v) is 12.7. The van der Waals surface area contributed by atoms with Gasteiger partial charge in [-0.1, -0.05) is 30.3 Å². The van der Waals surface area contributed by atoms with Crippen molar-refractivity contribution in [2.24, 2.45) is 0 Å². The molecule has 46 heavy (non-hydrogen) atoms. The summed E-state index contributed by atoms with van der Waals surface area (Å²) < 4.78 is 21.3. The average molecular weight is 640 g/mol. The van der Waals surface area contributed by atoms with Gasteiger partial charge >= 0.3 is 0 Å². The van der Waals surface area contributed by atoms with Crippen LogP contribution in [-0.4, -0.2) is 58.0 Å². The third-order valence-corrected chi connectivity index (χ3v) is 8.92. The average Bonchev–Trinajstić information content (AvgIpc) is 3.48. The molecule has 2 amide bonds. The molecule has 0 spiro atoms. The van der Waals surface area contributed by atoms with Crippen molar-refractivity contribution in [1.82, 2.24) is 25.5 Å². The first kappa shape index (κ1) is 31.1. The first-order valence-corrected chi connectivity index (χ1v) is 15.9. The lowest BCUT2D eigenvalue weighted by molar-refractivity contribution is 0.0890. The minimum atomic E-state index is -0.648. The summed E-state index contributed by atoms with van der Waals surface area (Å²) in [5.41, 5.74) is 3.52. The zero-order valence-electron chi connectivity index (χ0n) is 25.5. The van der Waals surface area contributed by atoms with Crippen LogP contribution in [0, 0.1) is 5.82 Å². The van der Waals surface area contributed by atoms with E-state index in [0.717, 1.165) is 39.2 Å². The largest absolute Gasteiger partial charge is 0.508 e. The number of ether oxygens (including phenoxy) is 1. The van der Waals surface area contributed by atoms with Gasteiger partial charge in [-0.2, -0.15) is 0 Å². The Bertz CT molecular complexity index is 1850. The zero-order chi connectivity index (χ0) is 32.2. The van der Waals surface area contributed by atoms with E-state index in [0.29, 0.717) is 43.0 Å². The molecular weight excluding hydrogens is 605 g/mol. The number of thiazole rings is 1. The molecule has 9 nitrogen and oxygen atoms in total. The highest BCUT2D eigenvalue weighted by Crippen LogP contribution is 2.32. The van der Waals surface area contributed by atoms with Crippen molar-refractivity contribution in [1.29, 1.82) is 0 Å². The van der Waals surface area contributed by atoms with E-state index in [-0.39, 0.29) is 35.2 Å². The SMILES string of the molecule is CN(C)Cc1cc(O)ccc1-c1cccc(Oc2ncc(F)cc2C(=O)NC2CCC(NC(=O)c3nc4ccccc4s3)CC2)c1. The highest BCUT2D eigenvalue weighted by Gasteiger charge is 2.26. The lowest BCUT2D eigenvalue weighted by Gasteiger charge is -2.29. The molecule has 0 aliphatic heterocycles. The molecule has 0 atom stereocenters. The summed E-state index contributed by atoms with van der Waals surface area (Å²) in [4.78, 5) is 36.7. The smallest absolute Gasteiger partial charge is 0.280 e. The zero-order valence-corrected chi connectivity index (χ0v) is 26.3. The number of carbonyl (C=O) groups is 2. The Kier molecular flexibility index (Phi) is 9.23. The molecule has 1 fully saturated rings. The predicted molar refractivity (Wildman–Crippen MR) is 176 cm³/mol. The molecule has 2 heterocycles. The summed E-state index contributed by atoms with van der Waals surface area (Å²) in [6.45, 7) is 0.621. The Morgan fingerprint density at radius 3 is 2.43 bits per heavy atom. The second kappa shape index (κ2) is 13.6. The fraction of sp³-hybridized carbons (Fsp3) is 0.257. The molecule has 0 radical (unpaired) electrons. The van der Waals surface area contributed by atoms with Gasteiger partial charge in [-0.05, 0) is 98.9 Å². The topological polar surface area (TPSA) is 117 Å². The number of nitrogens with one attached hydrogen (secondary N) is 2. The molecule has 0 saturated heterocycles. The van der Waals surface area contributed by atoms with Crippen LogP contribution in [0.2, 0.25) is 0 Å². The number of benzene rings is 3. The first-order chi connectivity index (χ1) is 22.2. The van der Waals surface area contributed by atoms with Crippen LogP contribution in [0.5, 0.6) is 17.4 Å². The number of carbonyl (C=O) groups excluding carboxylic acids is 2. The molecule has 1 aliphatic carbocycles. The Balaban J connectivity index is 1.10. The number of aromatic nitrogens is 2. The molecule has 1 aliphatic rings. The number of para-hydroxylation sites is 1. The molecule has 6 rings (SSSR count). The Labute approximate surface area is 270 Å². The molecule has 5 aromatic rings. The molecule has 11 heteroatoms. The fourth-order valence-electron chi connectivity index (χ4n) is 5.70. The lowest BCUT2D eigenvalue weighted by atomic mass is 9.91. The number of phenolic OH excluding ortho intramolecular Hbond substituents is 1. The summed E-state index contributed by atoms with van der Waals surface area (Å²) in [5, 5.41) is 16.6. The highest BCUT2D eigenvalue weighted by molar-refractivity contribution is 7.20. The summed E-state index contributed by atoms with van der Waals surface area (Å²) in [6.07, 6.45) is 3.70. The van der Waals surface area contributed by atoms with Crippen LogP contribution >= 0.6 is 11.3 Å². The third-order valence-electron chi connectivity index (χ3n) is 7.88. The normalized spacial score (nSPS) is 16.3. The van der Waals surface area contributed by atoms with Gasteiger partial charge in [-0.25, -0.2) is 14.4 Å². The number of rotatable bonds is 9. The maximum Gasteiger partial charge on any atom is 0.280 e. The van der Waals surface area contributed by atoms with Crippen LogP contribution in [0.4, 0.5) is 4.39 Å². The first-order valence-electron chi connectivity index (χ1n) is 15.1. The number of hydrogen-bond donors (Lipinski definition) is 3. The van der Waals surface area contributed by atoms with E-state index in [1.54, 1.807) is 18.2 Å². The van der Waals surface area contributed by atoms with E-state index >= 15 is 0 Å². The molecular formula is C35H34FN5O4S. The molecule has 3 aromatic carbocycles. The number of halogens is 1. The van der Waals surface area contributed by atoms with Crippen molar-refractivity contribution >= 4 is 33.4 Å². The van der Waals surface area contributed by atoms with Gasteiger partial charge < -0.3 is 25.4 Å². The van der Waals surface area contributed by atoms with Crippen LogP contribution in [-0.2, 0) is 6.54 Å². The standard InChI is InChI=1S/C35H34FN5O4S/c1-41(2)20-22-16-26(42)14-15-28(22)21-6-5-7-27(17-21)45-34-29(18-23(36)19-37-34)32(43)38-24-10-12-25(13-11-24)39-33(44)35-40-30-8-3-4-9-31(30)46-35/h3-9,14-19,24-25,42H,10-13,20H2,1-2H3,(H,38,43)(H,39,44). The third kappa shape index (κ3) is 7.32. The van der Waals surface area contributed by atoms with Gasteiger partial charge in [0, 0.05) is 18.6 Å². The van der Waals surface area contributed by atoms with Crippen LogP contribution in [0.1, 0.15) is 51.4 Å². The molecule has 0 unspecified atom stereocenters. The molecule has 0 bridgehead atoms. The van der Waals surface area contributed by atoms with Gasteiger partial charge in [0.25, 0.3) is 11.8 Å². The van der Waals surface area contributed by atoms with Crippen molar-refractivity contribution in [3.05, 3.63) is 101 Å². The van der Waals surface area contributed by atoms with Gasteiger partial charge in [-0.15, -0.1) is 11.3 Å². The summed E-state index contributed by atoms with van der Waals surface area (Å²) in [5.74, 6) is -0.714. The number of pyridine rings is 1. The number of fused-ring (bicyclic) bond motifs is 1. The van der Waals surface area contributed by atoms with Crippen LogP contribution < -0.4 is 15.4 Å². The summed E-state index contributed by atoms with van der Waals surface area (Å²) in [7, 11) is 3.91. The Morgan fingerprint density at radius 2 is 1.70 bits per heavy atom. The molecule has 236 valence electrons. The Morgan fingerprint density at radius 1 is 0.957 bits per heavy atom. The summed E-state index contributed by atoms with van der Waals surface area (Å²) >= 11 is 1.37. The molecule has 1 saturated carbocycles. The van der Waals surface area contributed by atoms with E-state index in [4.69, 9.17) is 4.74 Å². The van der Waals surface area contributed by atoms with Crippen molar-refractivity contribution in [2.75, 3.05) is 14.1 Å². The monoisotopic (exact) mass is 639 g/mol. The number of hydrogen-bond acceptors (Lipinski definition) is 8. The van der Waals surface area contributed by atoms with E-state index < -0.39 is 11.7 Å². The van der Waals surface area contributed by atoms with Gasteiger partial charge in [0.1, 0.15) is 22.9 Å². The minimum Gasteiger partial charge on any atom is -0.508 e. The van der Waals surface area contributed by atoms with E-state index in [1.807, 2.05) is 67.5 Å².